The van der Waals surface area contributed by atoms with Crippen LogP contribution in [0.15, 0.2) is 18.5 Å². The normalized spacial score (nSPS) is 20.2. The van der Waals surface area contributed by atoms with Crippen molar-refractivity contribution in [1.82, 2.24) is 15.2 Å². The van der Waals surface area contributed by atoms with Crippen molar-refractivity contribution >= 4 is 11.8 Å². The van der Waals surface area contributed by atoms with Crippen LogP contribution in [0.25, 0.3) is 0 Å². The fourth-order valence-corrected chi connectivity index (χ4v) is 2.49. The van der Waals surface area contributed by atoms with Gasteiger partial charge in [0.1, 0.15) is 6.04 Å². The fourth-order valence-electron chi connectivity index (χ4n) is 2.49. The quantitative estimate of drug-likeness (QED) is 0.900. The van der Waals surface area contributed by atoms with E-state index in [0.29, 0.717) is 19.5 Å². The summed E-state index contributed by atoms with van der Waals surface area (Å²) in [6.45, 7) is 8.82. The first-order chi connectivity index (χ1) is 9.77. The van der Waals surface area contributed by atoms with Gasteiger partial charge in [0.05, 0.1) is 0 Å². The number of aryl methyl sites for hydroxylation is 1. The van der Waals surface area contributed by atoms with Gasteiger partial charge in [-0.3, -0.25) is 14.6 Å². The number of carbonyl (C=O) groups excluding carboxylic acids is 2. The van der Waals surface area contributed by atoms with Crippen LogP contribution in [0, 0.1) is 12.3 Å². The highest BCUT2D eigenvalue weighted by Gasteiger charge is 2.37. The Hall–Kier alpha value is -1.91. The van der Waals surface area contributed by atoms with E-state index in [1.807, 2.05) is 33.8 Å². The maximum atomic E-state index is 12.7. The van der Waals surface area contributed by atoms with E-state index in [-0.39, 0.29) is 17.2 Å². The summed E-state index contributed by atoms with van der Waals surface area (Å²) in [6, 6.07) is 1.54. The Labute approximate surface area is 125 Å². The zero-order chi connectivity index (χ0) is 15.6. The van der Waals surface area contributed by atoms with E-state index in [1.165, 1.54) is 0 Å². The molecule has 0 aliphatic carbocycles. The molecular formula is C16H23N3O2. The second-order valence-corrected chi connectivity index (χ2v) is 6.75. The summed E-state index contributed by atoms with van der Waals surface area (Å²) >= 11 is 0. The van der Waals surface area contributed by atoms with E-state index >= 15 is 0 Å². The number of hydrogen-bond acceptors (Lipinski definition) is 3. The molecule has 1 N–H and O–H groups in total. The van der Waals surface area contributed by atoms with Gasteiger partial charge in [-0.2, -0.15) is 0 Å². The molecule has 5 nitrogen and oxygen atoms in total. The number of rotatable bonds is 2. The van der Waals surface area contributed by atoms with Gasteiger partial charge < -0.3 is 10.2 Å². The Kier molecular flexibility index (Phi) is 4.30. The molecule has 1 aliphatic heterocycles. The van der Waals surface area contributed by atoms with Crippen LogP contribution in [0.2, 0.25) is 0 Å². The van der Waals surface area contributed by atoms with Crippen LogP contribution in [-0.4, -0.2) is 34.3 Å². The van der Waals surface area contributed by atoms with E-state index in [0.717, 1.165) is 11.1 Å². The summed E-state index contributed by atoms with van der Waals surface area (Å²) in [6.07, 6.45) is 3.90. The number of hydrogen-bond donors (Lipinski definition) is 1. The maximum Gasteiger partial charge on any atom is 0.246 e. The van der Waals surface area contributed by atoms with Gasteiger partial charge in [0.2, 0.25) is 11.8 Å². The van der Waals surface area contributed by atoms with Crippen molar-refractivity contribution in [2.45, 2.75) is 46.7 Å². The molecule has 1 fully saturated rings. The summed E-state index contributed by atoms with van der Waals surface area (Å²) in [5.74, 6) is -0.0806. The molecule has 0 spiro atoms. The van der Waals surface area contributed by atoms with Gasteiger partial charge in [-0.1, -0.05) is 26.8 Å². The van der Waals surface area contributed by atoms with Crippen molar-refractivity contribution in [3.05, 3.63) is 29.6 Å². The minimum Gasteiger partial charge on any atom is -0.344 e. The lowest BCUT2D eigenvalue weighted by Gasteiger charge is -2.32. The van der Waals surface area contributed by atoms with Gasteiger partial charge in [-0.05, 0) is 23.5 Å². The average Bonchev–Trinajstić information content (AvgIpc) is 2.51. The summed E-state index contributed by atoms with van der Waals surface area (Å²) < 4.78 is 0. The molecule has 2 rings (SSSR count). The van der Waals surface area contributed by atoms with Crippen LogP contribution in [0.4, 0.5) is 0 Å². The SMILES string of the molecule is Cc1cncc(CN2CCC(=O)NC(C(C)(C)C)C2=O)c1. The molecule has 1 aromatic rings. The van der Waals surface area contributed by atoms with Gasteiger partial charge in [0, 0.05) is 31.9 Å². The minimum absolute atomic E-state index is 0.0187. The van der Waals surface area contributed by atoms with Gasteiger partial charge in [-0.25, -0.2) is 0 Å². The molecule has 5 heteroatoms. The maximum absolute atomic E-state index is 12.7. The average molecular weight is 289 g/mol. The molecule has 2 amide bonds. The summed E-state index contributed by atoms with van der Waals surface area (Å²) in [7, 11) is 0. The molecule has 0 aromatic carbocycles. The lowest BCUT2D eigenvalue weighted by atomic mass is 9.86. The number of amides is 2. The van der Waals surface area contributed by atoms with E-state index in [9.17, 15) is 9.59 Å². The fraction of sp³-hybridized carbons (Fsp3) is 0.562. The van der Waals surface area contributed by atoms with Crippen molar-refractivity contribution in [2.75, 3.05) is 6.54 Å². The summed E-state index contributed by atoms with van der Waals surface area (Å²) in [5.41, 5.74) is 1.75. The molecule has 1 atom stereocenters. The van der Waals surface area contributed by atoms with Crippen molar-refractivity contribution in [2.24, 2.45) is 5.41 Å². The monoisotopic (exact) mass is 289 g/mol. The third kappa shape index (κ3) is 3.80. The lowest BCUT2D eigenvalue weighted by molar-refractivity contribution is -0.136. The second kappa shape index (κ2) is 5.84. The molecule has 21 heavy (non-hydrogen) atoms. The topological polar surface area (TPSA) is 62.3 Å². The van der Waals surface area contributed by atoms with Crippen LogP contribution < -0.4 is 5.32 Å². The van der Waals surface area contributed by atoms with Crippen LogP contribution >= 0.6 is 0 Å². The first-order valence-corrected chi connectivity index (χ1v) is 7.26. The largest absolute Gasteiger partial charge is 0.344 e. The standard InChI is InChI=1S/C16H23N3O2/c1-11-7-12(9-17-8-11)10-19-6-5-13(20)18-14(15(19)21)16(2,3)4/h7-9,14H,5-6,10H2,1-4H3,(H,18,20). The molecule has 0 radical (unpaired) electrons. The van der Waals surface area contributed by atoms with Crippen LogP contribution in [0.1, 0.15) is 38.3 Å². The zero-order valence-electron chi connectivity index (χ0n) is 13.1. The molecule has 1 saturated heterocycles. The Morgan fingerprint density at radius 1 is 1.33 bits per heavy atom. The van der Waals surface area contributed by atoms with Crippen molar-refractivity contribution in [1.29, 1.82) is 0 Å². The van der Waals surface area contributed by atoms with Gasteiger partial charge in [0.25, 0.3) is 0 Å². The number of carbonyl (C=O) groups is 2. The first kappa shape index (κ1) is 15.5. The first-order valence-electron chi connectivity index (χ1n) is 7.26. The van der Waals surface area contributed by atoms with Crippen LogP contribution in [-0.2, 0) is 16.1 Å². The third-order valence-electron chi connectivity index (χ3n) is 3.64. The second-order valence-electron chi connectivity index (χ2n) is 6.75. The van der Waals surface area contributed by atoms with Gasteiger partial charge in [0.15, 0.2) is 0 Å². The number of nitrogens with zero attached hydrogens (tertiary/aromatic N) is 2. The van der Waals surface area contributed by atoms with Gasteiger partial charge in [-0.15, -0.1) is 0 Å². The van der Waals surface area contributed by atoms with Crippen molar-refractivity contribution in [3.63, 3.8) is 0 Å². The van der Waals surface area contributed by atoms with E-state index in [4.69, 9.17) is 0 Å². The predicted molar refractivity (Wildman–Crippen MR) is 80.4 cm³/mol. The highest BCUT2D eigenvalue weighted by atomic mass is 16.2. The Balaban J connectivity index is 2.21. The van der Waals surface area contributed by atoms with Crippen LogP contribution in [0.5, 0.6) is 0 Å². The Morgan fingerprint density at radius 3 is 2.67 bits per heavy atom. The molecular weight excluding hydrogens is 266 g/mol. The number of pyridine rings is 1. The predicted octanol–water partition coefficient (Wildman–Crippen LogP) is 1.65. The van der Waals surface area contributed by atoms with E-state index in [2.05, 4.69) is 10.3 Å². The zero-order valence-corrected chi connectivity index (χ0v) is 13.1. The number of nitrogens with one attached hydrogen (secondary N) is 1. The van der Waals surface area contributed by atoms with Crippen LogP contribution in [0.3, 0.4) is 0 Å². The highest BCUT2D eigenvalue weighted by Crippen LogP contribution is 2.23. The molecule has 1 aliphatic rings. The third-order valence-corrected chi connectivity index (χ3v) is 3.64. The smallest absolute Gasteiger partial charge is 0.246 e. The summed E-state index contributed by atoms with van der Waals surface area (Å²) in [4.78, 5) is 30.5. The molecule has 1 aromatic heterocycles. The van der Waals surface area contributed by atoms with Gasteiger partial charge >= 0.3 is 0 Å². The lowest BCUT2D eigenvalue weighted by Crippen LogP contribution is -2.51. The Bertz CT molecular complexity index is 549. The molecule has 0 saturated carbocycles. The minimum atomic E-state index is -0.481. The van der Waals surface area contributed by atoms with E-state index < -0.39 is 6.04 Å². The Morgan fingerprint density at radius 2 is 2.05 bits per heavy atom. The highest BCUT2D eigenvalue weighted by molar-refractivity contribution is 5.90. The molecule has 114 valence electrons. The molecule has 2 heterocycles. The van der Waals surface area contributed by atoms with Crippen molar-refractivity contribution < 1.29 is 9.59 Å². The van der Waals surface area contributed by atoms with E-state index in [1.54, 1.807) is 17.3 Å². The molecule has 1 unspecified atom stereocenters. The number of aromatic nitrogens is 1. The summed E-state index contributed by atoms with van der Waals surface area (Å²) in [5, 5.41) is 2.85. The van der Waals surface area contributed by atoms with Crippen molar-refractivity contribution in [3.8, 4) is 0 Å². The molecule has 0 bridgehead atoms.